The molecule has 0 fully saturated rings. The van der Waals surface area contributed by atoms with Crippen LogP contribution < -0.4 is 4.74 Å². The van der Waals surface area contributed by atoms with Gasteiger partial charge in [-0.2, -0.15) is 10.4 Å². The zero-order valence-electron chi connectivity index (χ0n) is 12.1. The zero-order valence-corrected chi connectivity index (χ0v) is 12.1. The van der Waals surface area contributed by atoms with Gasteiger partial charge in [0.05, 0.1) is 24.9 Å². The predicted octanol–water partition coefficient (Wildman–Crippen LogP) is 2.72. The van der Waals surface area contributed by atoms with Crippen molar-refractivity contribution in [3.8, 4) is 11.8 Å². The number of aryl methyl sites for hydroxylation is 1. The lowest BCUT2D eigenvalue weighted by molar-refractivity contribution is 0.399. The molecule has 1 aliphatic carbocycles. The number of benzene rings is 1. The number of aromatic amines is 1. The van der Waals surface area contributed by atoms with E-state index < -0.39 is 5.41 Å². The molecular weight excluding hydrogens is 276 g/mol. The van der Waals surface area contributed by atoms with Gasteiger partial charge in [0.2, 0.25) is 0 Å². The highest BCUT2D eigenvalue weighted by molar-refractivity contribution is 5.76. The van der Waals surface area contributed by atoms with Gasteiger partial charge in [-0.3, -0.25) is 5.10 Å². The van der Waals surface area contributed by atoms with E-state index in [4.69, 9.17) is 4.74 Å². The SMILES string of the molecule is COc1cc2[nH]ncc2nc1C1(C#N)CCc2ccccc21. The summed E-state index contributed by atoms with van der Waals surface area (Å²) < 4.78 is 5.52. The second-order valence-corrected chi connectivity index (χ2v) is 5.52. The van der Waals surface area contributed by atoms with Crippen molar-refractivity contribution in [2.24, 2.45) is 0 Å². The highest BCUT2D eigenvalue weighted by atomic mass is 16.5. The fourth-order valence-corrected chi connectivity index (χ4v) is 3.35. The van der Waals surface area contributed by atoms with Gasteiger partial charge in [0.25, 0.3) is 0 Å². The van der Waals surface area contributed by atoms with Crippen molar-refractivity contribution in [3.05, 3.63) is 53.3 Å². The predicted molar refractivity (Wildman–Crippen MR) is 81.6 cm³/mol. The minimum atomic E-state index is -0.757. The van der Waals surface area contributed by atoms with Crippen LogP contribution in [0.15, 0.2) is 36.5 Å². The minimum absolute atomic E-state index is 0.620. The maximum Gasteiger partial charge on any atom is 0.144 e. The van der Waals surface area contributed by atoms with Crippen molar-refractivity contribution in [1.29, 1.82) is 5.26 Å². The Kier molecular flexibility index (Phi) is 2.67. The Morgan fingerprint density at radius 2 is 2.23 bits per heavy atom. The first-order chi connectivity index (χ1) is 10.8. The Hall–Kier alpha value is -2.87. The largest absolute Gasteiger partial charge is 0.495 e. The lowest BCUT2D eigenvalue weighted by atomic mass is 9.79. The van der Waals surface area contributed by atoms with E-state index in [1.807, 2.05) is 24.3 Å². The smallest absolute Gasteiger partial charge is 0.144 e. The molecule has 5 heteroatoms. The van der Waals surface area contributed by atoms with E-state index in [-0.39, 0.29) is 0 Å². The van der Waals surface area contributed by atoms with Crippen molar-refractivity contribution in [3.63, 3.8) is 0 Å². The van der Waals surface area contributed by atoms with E-state index in [9.17, 15) is 5.26 Å². The van der Waals surface area contributed by atoms with Crippen molar-refractivity contribution in [2.75, 3.05) is 7.11 Å². The van der Waals surface area contributed by atoms with Crippen LogP contribution in [0, 0.1) is 11.3 Å². The van der Waals surface area contributed by atoms with Crippen molar-refractivity contribution < 1.29 is 4.74 Å². The molecule has 1 unspecified atom stereocenters. The van der Waals surface area contributed by atoms with Crippen LogP contribution in [0.2, 0.25) is 0 Å². The van der Waals surface area contributed by atoms with Crippen LogP contribution in [0.5, 0.6) is 5.75 Å². The molecule has 108 valence electrons. The first kappa shape index (κ1) is 12.8. The minimum Gasteiger partial charge on any atom is -0.495 e. The summed E-state index contributed by atoms with van der Waals surface area (Å²) in [7, 11) is 1.61. The van der Waals surface area contributed by atoms with Crippen molar-refractivity contribution in [2.45, 2.75) is 18.3 Å². The van der Waals surface area contributed by atoms with Gasteiger partial charge in [-0.05, 0) is 24.0 Å². The molecule has 2 aromatic heterocycles. The number of methoxy groups -OCH3 is 1. The fraction of sp³-hybridized carbons (Fsp3) is 0.235. The number of fused-ring (bicyclic) bond motifs is 2. The lowest BCUT2D eigenvalue weighted by Gasteiger charge is -2.23. The number of hydrogen-bond donors (Lipinski definition) is 1. The first-order valence-corrected chi connectivity index (χ1v) is 7.17. The Balaban J connectivity index is 2.03. The van der Waals surface area contributed by atoms with Crippen LogP contribution in [0.4, 0.5) is 0 Å². The summed E-state index contributed by atoms with van der Waals surface area (Å²) in [6, 6.07) is 12.5. The summed E-state index contributed by atoms with van der Waals surface area (Å²) in [6.45, 7) is 0. The van der Waals surface area contributed by atoms with E-state index in [2.05, 4.69) is 27.3 Å². The average Bonchev–Trinajstić information content (AvgIpc) is 3.18. The first-order valence-electron chi connectivity index (χ1n) is 7.17. The molecule has 0 spiro atoms. The number of pyridine rings is 1. The summed E-state index contributed by atoms with van der Waals surface area (Å²) in [6.07, 6.45) is 3.26. The molecule has 1 N–H and O–H groups in total. The van der Waals surface area contributed by atoms with E-state index in [0.717, 1.165) is 29.4 Å². The average molecular weight is 290 g/mol. The second kappa shape index (κ2) is 4.57. The normalized spacial score (nSPS) is 19.8. The van der Waals surface area contributed by atoms with Crippen molar-refractivity contribution in [1.82, 2.24) is 15.2 Å². The van der Waals surface area contributed by atoms with Crippen LogP contribution in [-0.2, 0) is 11.8 Å². The molecule has 1 atom stereocenters. The maximum absolute atomic E-state index is 9.99. The highest BCUT2D eigenvalue weighted by Crippen LogP contribution is 2.46. The monoisotopic (exact) mass is 290 g/mol. The number of nitrogens with one attached hydrogen (secondary N) is 1. The number of rotatable bonds is 2. The zero-order chi connectivity index (χ0) is 15.2. The van der Waals surface area contributed by atoms with E-state index in [1.165, 1.54) is 5.56 Å². The molecule has 3 aromatic rings. The van der Waals surface area contributed by atoms with Crippen LogP contribution in [0.3, 0.4) is 0 Å². The number of nitrogens with zero attached hydrogens (tertiary/aromatic N) is 3. The third kappa shape index (κ3) is 1.58. The summed E-state index contributed by atoms with van der Waals surface area (Å²) in [5.74, 6) is 0.620. The standard InChI is InChI=1S/C17H14N4O/c1-22-15-8-13-14(9-19-21-13)20-16(15)17(10-18)7-6-11-4-2-3-5-12(11)17/h2-5,8-9H,6-7H2,1H3,(H,19,21). The Morgan fingerprint density at radius 3 is 3.05 bits per heavy atom. The van der Waals surface area contributed by atoms with E-state index in [0.29, 0.717) is 11.4 Å². The molecule has 22 heavy (non-hydrogen) atoms. The molecular formula is C17H14N4O. The number of nitriles is 1. The van der Waals surface area contributed by atoms with Crippen LogP contribution in [-0.4, -0.2) is 22.3 Å². The molecule has 1 aromatic carbocycles. The summed E-state index contributed by atoms with van der Waals surface area (Å²) in [4.78, 5) is 4.69. The molecule has 0 radical (unpaired) electrons. The molecule has 0 bridgehead atoms. The molecule has 0 saturated carbocycles. The molecule has 4 rings (SSSR count). The number of H-pyrrole nitrogens is 1. The van der Waals surface area contributed by atoms with Crippen LogP contribution in [0.1, 0.15) is 23.2 Å². The van der Waals surface area contributed by atoms with E-state index >= 15 is 0 Å². The van der Waals surface area contributed by atoms with Gasteiger partial charge in [0, 0.05) is 6.07 Å². The quantitative estimate of drug-likeness (QED) is 0.787. The summed E-state index contributed by atoms with van der Waals surface area (Å²) in [5, 5.41) is 16.9. The Labute approximate surface area is 127 Å². The van der Waals surface area contributed by atoms with Gasteiger partial charge in [0.15, 0.2) is 0 Å². The number of hydrogen-bond acceptors (Lipinski definition) is 4. The Bertz CT molecular complexity index is 908. The summed E-state index contributed by atoms with van der Waals surface area (Å²) in [5.41, 5.74) is 3.71. The van der Waals surface area contributed by atoms with Crippen LogP contribution in [0.25, 0.3) is 11.0 Å². The fourth-order valence-electron chi connectivity index (χ4n) is 3.35. The summed E-state index contributed by atoms with van der Waals surface area (Å²) >= 11 is 0. The number of aromatic nitrogens is 3. The Morgan fingerprint density at radius 1 is 1.36 bits per heavy atom. The topological polar surface area (TPSA) is 74.6 Å². The molecule has 0 saturated heterocycles. The highest BCUT2D eigenvalue weighted by Gasteiger charge is 2.44. The molecule has 5 nitrogen and oxygen atoms in total. The molecule has 0 amide bonds. The molecule has 2 heterocycles. The van der Waals surface area contributed by atoms with Gasteiger partial charge in [-0.25, -0.2) is 4.98 Å². The van der Waals surface area contributed by atoms with Crippen molar-refractivity contribution >= 4 is 11.0 Å². The van der Waals surface area contributed by atoms with Crippen LogP contribution >= 0.6 is 0 Å². The van der Waals surface area contributed by atoms with Gasteiger partial charge in [0.1, 0.15) is 22.4 Å². The van der Waals surface area contributed by atoms with Gasteiger partial charge in [-0.15, -0.1) is 0 Å². The molecule has 0 aliphatic heterocycles. The second-order valence-electron chi connectivity index (χ2n) is 5.52. The lowest BCUT2D eigenvalue weighted by Crippen LogP contribution is -2.24. The molecule has 1 aliphatic rings. The van der Waals surface area contributed by atoms with E-state index in [1.54, 1.807) is 13.3 Å². The maximum atomic E-state index is 9.99. The van der Waals surface area contributed by atoms with Gasteiger partial charge < -0.3 is 4.74 Å². The third-order valence-corrected chi connectivity index (χ3v) is 4.45. The number of ether oxygens (including phenoxy) is 1. The van der Waals surface area contributed by atoms with Gasteiger partial charge in [-0.1, -0.05) is 24.3 Å². The van der Waals surface area contributed by atoms with Gasteiger partial charge >= 0.3 is 0 Å². The third-order valence-electron chi connectivity index (χ3n) is 4.45.